The van der Waals surface area contributed by atoms with Crippen molar-refractivity contribution in [3.63, 3.8) is 0 Å². The average molecular weight is 340 g/mol. The molecule has 1 fully saturated rings. The molecule has 20 heavy (non-hydrogen) atoms. The fraction of sp³-hybridized carbons (Fsp3) is 0.562. The molecule has 0 atom stereocenters. The van der Waals surface area contributed by atoms with Gasteiger partial charge in [0.05, 0.1) is 12.7 Å². The highest BCUT2D eigenvalue weighted by Crippen LogP contribution is 2.28. The van der Waals surface area contributed by atoms with Gasteiger partial charge < -0.3 is 4.74 Å². The first-order chi connectivity index (χ1) is 9.63. The van der Waals surface area contributed by atoms with E-state index in [9.17, 15) is 4.79 Å². The van der Waals surface area contributed by atoms with Crippen LogP contribution in [0.1, 0.15) is 42.1 Å². The van der Waals surface area contributed by atoms with Gasteiger partial charge in [0.1, 0.15) is 0 Å². The van der Waals surface area contributed by atoms with Crippen LogP contribution in [0.25, 0.3) is 0 Å². The van der Waals surface area contributed by atoms with E-state index in [1.54, 1.807) is 0 Å². The molecular weight excluding hydrogens is 318 g/mol. The summed E-state index contributed by atoms with van der Waals surface area (Å²) in [6, 6.07) is 5.70. The largest absolute Gasteiger partial charge is 0.465 e. The second-order valence-electron chi connectivity index (χ2n) is 5.42. The SMILES string of the molecule is CCN(Cc1ccc(C(=O)OC)cc1Br)CC1CCC1. The number of ether oxygens (including phenoxy) is 1. The van der Waals surface area contributed by atoms with E-state index < -0.39 is 0 Å². The van der Waals surface area contributed by atoms with E-state index in [4.69, 9.17) is 4.74 Å². The Kier molecular flexibility index (Phi) is 5.61. The topological polar surface area (TPSA) is 29.5 Å². The maximum atomic E-state index is 11.5. The molecule has 0 aliphatic heterocycles. The van der Waals surface area contributed by atoms with Crippen LogP contribution in [0.4, 0.5) is 0 Å². The monoisotopic (exact) mass is 339 g/mol. The zero-order chi connectivity index (χ0) is 14.5. The third-order valence-corrected chi connectivity index (χ3v) is 4.79. The van der Waals surface area contributed by atoms with E-state index >= 15 is 0 Å². The zero-order valence-corrected chi connectivity index (χ0v) is 13.8. The maximum absolute atomic E-state index is 11.5. The molecule has 1 aliphatic carbocycles. The van der Waals surface area contributed by atoms with Gasteiger partial charge in [-0.3, -0.25) is 4.90 Å². The Bertz CT molecular complexity index is 472. The first-order valence-corrected chi connectivity index (χ1v) is 8.02. The molecule has 0 bridgehead atoms. The van der Waals surface area contributed by atoms with Crippen LogP contribution in [0.5, 0.6) is 0 Å². The molecule has 4 heteroatoms. The van der Waals surface area contributed by atoms with Crippen LogP contribution in [0, 0.1) is 5.92 Å². The molecule has 0 N–H and O–H groups in total. The van der Waals surface area contributed by atoms with Gasteiger partial charge in [-0.25, -0.2) is 4.79 Å². The average Bonchev–Trinajstić information content (AvgIpc) is 2.42. The van der Waals surface area contributed by atoms with Crippen molar-refractivity contribution in [3.05, 3.63) is 33.8 Å². The zero-order valence-electron chi connectivity index (χ0n) is 12.2. The lowest BCUT2D eigenvalue weighted by Gasteiger charge is -2.32. The van der Waals surface area contributed by atoms with Gasteiger partial charge in [-0.1, -0.05) is 35.3 Å². The molecular formula is C16H22BrNO2. The van der Waals surface area contributed by atoms with Crippen molar-refractivity contribution in [2.75, 3.05) is 20.2 Å². The van der Waals surface area contributed by atoms with Crippen LogP contribution in [0.3, 0.4) is 0 Å². The Hall–Kier alpha value is -0.870. The number of nitrogens with zero attached hydrogens (tertiary/aromatic N) is 1. The molecule has 0 aromatic heterocycles. The van der Waals surface area contributed by atoms with Crippen molar-refractivity contribution in [1.29, 1.82) is 0 Å². The van der Waals surface area contributed by atoms with Crippen molar-refractivity contribution in [1.82, 2.24) is 4.90 Å². The van der Waals surface area contributed by atoms with Gasteiger partial charge >= 0.3 is 5.97 Å². The second-order valence-corrected chi connectivity index (χ2v) is 6.28. The van der Waals surface area contributed by atoms with Gasteiger partial charge in [-0.05, 0) is 43.0 Å². The number of hydrogen-bond donors (Lipinski definition) is 0. The number of halogens is 1. The van der Waals surface area contributed by atoms with E-state index in [0.717, 1.165) is 23.5 Å². The van der Waals surface area contributed by atoms with E-state index in [2.05, 4.69) is 27.8 Å². The van der Waals surface area contributed by atoms with E-state index in [-0.39, 0.29) is 5.97 Å². The molecule has 1 aromatic carbocycles. The van der Waals surface area contributed by atoms with Gasteiger partial charge in [0.15, 0.2) is 0 Å². The van der Waals surface area contributed by atoms with Gasteiger partial charge in [0.25, 0.3) is 0 Å². The minimum absolute atomic E-state index is 0.293. The number of rotatable bonds is 6. The Morgan fingerprint density at radius 2 is 2.20 bits per heavy atom. The number of carbonyl (C=O) groups excluding carboxylic acids is 1. The lowest BCUT2D eigenvalue weighted by molar-refractivity contribution is 0.0600. The van der Waals surface area contributed by atoms with Gasteiger partial charge in [-0.15, -0.1) is 0 Å². The molecule has 0 unspecified atom stereocenters. The predicted molar refractivity (Wildman–Crippen MR) is 83.8 cm³/mol. The molecule has 1 aliphatic rings. The summed E-state index contributed by atoms with van der Waals surface area (Å²) in [6.45, 7) is 5.37. The second kappa shape index (κ2) is 7.23. The normalized spacial score (nSPS) is 15.2. The van der Waals surface area contributed by atoms with Crippen molar-refractivity contribution < 1.29 is 9.53 Å². The maximum Gasteiger partial charge on any atom is 0.337 e. The molecule has 0 spiro atoms. The Labute approximate surface area is 129 Å². The smallest absolute Gasteiger partial charge is 0.337 e. The van der Waals surface area contributed by atoms with Crippen molar-refractivity contribution in [2.24, 2.45) is 5.92 Å². The molecule has 110 valence electrons. The lowest BCUT2D eigenvalue weighted by Crippen LogP contribution is -2.32. The van der Waals surface area contributed by atoms with E-state index in [1.165, 1.54) is 38.5 Å². The minimum Gasteiger partial charge on any atom is -0.465 e. The third kappa shape index (κ3) is 3.83. The Morgan fingerprint density at radius 1 is 1.45 bits per heavy atom. The molecule has 0 heterocycles. The molecule has 2 rings (SSSR count). The van der Waals surface area contributed by atoms with Crippen molar-refractivity contribution >= 4 is 21.9 Å². The van der Waals surface area contributed by atoms with Crippen LogP contribution < -0.4 is 0 Å². The van der Waals surface area contributed by atoms with Crippen LogP contribution in [0.2, 0.25) is 0 Å². The summed E-state index contributed by atoms with van der Waals surface area (Å²) in [7, 11) is 1.40. The minimum atomic E-state index is -0.293. The summed E-state index contributed by atoms with van der Waals surface area (Å²) in [6.07, 6.45) is 4.14. The number of carbonyl (C=O) groups is 1. The summed E-state index contributed by atoms with van der Waals surface area (Å²) in [5.41, 5.74) is 1.81. The van der Waals surface area contributed by atoms with Crippen LogP contribution in [-0.2, 0) is 11.3 Å². The first kappa shape index (κ1) is 15.5. The summed E-state index contributed by atoms with van der Waals surface area (Å²) >= 11 is 3.57. The number of esters is 1. The molecule has 1 saturated carbocycles. The van der Waals surface area contributed by atoms with Gasteiger partial charge in [0, 0.05) is 17.6 Å². The van der Waals surface area contributed by atoms with Gasteiger partial charge in [0.2, 0.25) is 0 Å². The Morgan fingerprint density at radius 3 is 2.70 bits per heavy atom. The van der Waals surface area contributed by atoms with Crippen molar-refractivity contribution in [3.8, 4) is 0 Å². The van der Waals surface area contributed by atoms with Crippen LogP contribution in [0.15, 0.2) is 22.7 Å². The molecule has 3 nitrogen and oxygen atoms in total. The lowest BCUT2D eigenvalue weighted by atomic mass is 9.85. The number of methoxy groups -OCH3 is 1. The summed E-state index contributed by atoms with van der Waals surface area (Å²) in [4.78, 5) is 14.0. The third-order valence-electron chi connectivity index (χ3n) is 4.06. The standard InChI is InChI=1S/C16H22BrNO2/c1-3-18(10-12-5-4-6-12)11-14-8-7-13(9-15(14)17)16(19)20-2/h7-9,12H,3-6,10-11H2,1-2H3. The van der Waals surface area contributed by atoms with E-state index in [0.29, 0.717) is 5.56 Å². The number of hydrogen-bond acceptors (Lipinski definition) is 3. The fourth-order valence-corrected chi connectivity index (χ4v) is 3.01. The number of benzene rings is 1. The molecule has 1 aromatic rings. The highest BCUT2D eigenvalue weighted by molar-refractivity contribution is 9.10. The molecule has 0 amide bonds. The predicted octanol–water partition coefficient (Wildman–Crippen LogP) is 3.86. The summed E-state index contributed by atoms with van der Waals surface area (Å²) in [5.74, 6) is 0.585. The van der Waals surface area contributed by atoms with E-state index in [1.807, 2.05) is 18.2 Å². The molecule has 0 saturated heterocycles. The highest BCUT2D eigenvalue weighted by atomic mass is 79.9. The van der Waals surface area contributed by atoms with Crippen LogP contribution in [-0.4, -0.2) is 31.1 Å². The first-order valence-electron chi connectivity index (χ1n) is 7.23. The highest BCUT2D eigenvalue weighted by Gasteiger charge is 2.20. The van der Waals surface area contributed by atoms with Crippen molar-refractivity contribution in [2.45, 2.75) is 32.7 Å². The Balaban J connectivity index is 2.01. The molecule has 0 radical (unpaired) electrons. The fourth-order valence-electron chi connectivity index (χ4n) is 2.51. The van der Waals surface area contributed by atoms with Crippen LogP contribution >= 0.6 is 15.9 Å². The van der Waals surface area contributed by atoms with Gasteiger partial charge in [-0.2, -0.15) is 0 Å². The quantitative estimate of drug-likeness (QED) is 0.737. The summed E-state index contributed by atoms with van der Waals surface area (Å²) in [5, 5.41) is 0. The summed E-state index contributed by atoms with van der Waals surface area (Å²) < 4.78 is 5.72.